The number of nitriles is 1. The molecule has 0 radical (unpaired) electrons. The molecule has 0 unspecified atom stereocenters. The lowest BCUT2D eigenvalue weighted by atomic mass is 10.1. The molecule has 146 valence electrons. The van der Waals surface area contributed by atoms with Gasteiger partial charge >= 0.3 is 0 Å². The molecular formula is C22H25N3O3. The van der Waals surface area contributed by atoms with E-state index in [1.807, 2.05) is 30.3 Å². The largest absolute Gasteiger partial charge is 0.493 e. The molecule has 1 fully saturated rings. The lowest BCUT2D eigenvalue weighted by Gasteiger charge is -2.28. The van der Waals surface area contributed by atoms with Crippen LogP contribution in [0.4, 0.5) is 11.4 Å². The minimum absolute atomic E-state index is 0.253. The van der Waals surface area contributed by atoms with Crippen molar-refractivity contribution in [3.63, 3.8) is 0 Å². The Balaban J connectivity index is 1.60. The van der Waals surface area contributed by atoms with E-state index in [1.165, 1.54) is 32.1 Å². The number of benzene rings is 2. The predicted octanol–water partition coefficient (Wildman–Crippen LogP) is 3.96. The molecule has 3 rings (SSSR count). The Hall–Kier alpha value is -3.20. The Morgan fingerprint density at radius 2 is 1.82 bits per heavy atom. The van der Waals surface area contributed by atoms with E-state index >= 15 is 0 Å². The van der Waals surface area contributed by atoms with E-state index in [4.69, 9.17) is 14.7 Å². The van der Waals surface area contributed by atoms with Crippen molar-refractivity contribution in [2.24, 2.45) is 0 Å². The van der Waals surface area contributed by atoms with Crippen molar-refractivity contribution in [1.29, 1.82) is 5.26 Å². The molecule has 1 heterocycles. The lowest BCUT2D eigenvalue weighted by molar-refractivity contribution is -0.122. The third kappa shape index (κ3) is 4.74. The maximum absolute atomic E-state index is 12.5. The molecular weight excluding hydrogens is 354 g/mol. The standard InChI is InChI=1S/C22H25N3O3/c1-16(28-20-11-6-17(15-23)14-21(20)27-2)22(26)24-18-7-9-19(10-8-18)25-12-4-3-5-13-25/h6-11,14,16H,3-5,12-13H2,1-2H3,(H,24,26)/t16-/m1/s1. The zero-order chi connectivity index (χ0) is 19.9. The smallest absolute Gasteiger partial charge is 0.265 e. The van der Waals surface area contributed by atoms with Crippen molar-refractivity contribution in [2.75, 3.05) is 30.4 Å². The van der Waals surface area contributed by atoms with Gasteiger partial charge in [-0.15, -0.1) is 0 Å². The number of hydrogen-bond acceptors (Lipinski definition) is 5. The average molecular weight is 379 g/mol. The average Bonchev–Trinajstić information content (AvgIpc) is 2.75. The Kier molecular flexibility index (Phi) is 6.38. The van der Waals surface area contributed by atoms with E-state index in [1.54, 1.807) is 25.1 Å². The fraction of sp³-hybridized carbons (Fsp3) is 0.364. The van der Waals surface area contributed by atoms with Crippen molar-refractivity contribution < 1.29 is 14.3 Å². The number of nitrogens with zero attached hydrogens (tertiary/aromatic N) is 2. The summed E-state index contributed by atoms with van der Waals surface area (Å²) in [4.78, 5) is 14.9. The van der Waals surface area contributed by atoms with Gasteiger partial charge in [0, 0.05) is 30.5 Å². The number of nitrogens with one attached hydrogen (secondary N) is 1. The van der Waals surface area contributed by atoms with E-state index in [2.05, 4.69) is 10.2 Å². The lowest BCUT2D eigenvalue weighted by Crippen LogP contribution is -2.30. The van der Waals surface area contributed by atoms with Crippen LogP contribution in [0, 0.1) is 11.3 Å². The summed E-state index contributed by atoms with van der Waals surface area (Å²) in [7, 11) is 1.50. The Labute approximate surface area is 165 Å². The number of carbonyl (C=O) groups is 1. The first-order valence-electron chi connectivity index (χ1n) is 9.51. The third-order valence-corrected chi connectivity index (χ3v) is 4.82. The van der Waals surface area contributed by atoms with Gasteiger partial charge in [0.25, 0.3) is 5.91 Å². The summed E-state index contributed by atoms with van der Waals surface area (Å²) in [6, 6.07) is 14.8. The molecule has 1 aliphatic heterocycles. The van der Waals surface area contributed by atoms with Gasteiger partial charge in [-0.3, -0.25) is 4.79 Å². The van der Waals surface area contributed by atoms with Crippen LogP contribution in [0.5, 0.6) is 11.5 Å². The minimum Gasteiger partial charge on any atom is -0.493 e. The summed E-state index contributed by atoms with van der Waals surface area (Å²) in [6.07, 6.45) is 3.04. The zero-order valence-electron chi connectivity index (χ0n) is 16.3. The number of piperidine rings is 1. The molecule has 1 saturated heterocycles. The predicted molar refractivity (Wildman–Crippen MR) is 109 cm³/mol. The summed E-state index contributed by atoms with van der Waals surface area (Å²) in [5.74, 6) is 0.589. The fourth-order valence-electron chi connectivity index (χ4n) is 3.23. The van der Waals surface area contributed by atoms with Gasteiger partial charge in [0.05, 0.1) is 18.7 Å². The number of methoxy groups -OCH3 is 1. The van der Waals surface area contributed by atoms with Crippen LogP contribution in [-0.4, -0.2) is 32.2 Å². The summed E-state index contributed by atoms with van der Waals surface area (Å²) in [6.45, 7) is 3.85. The zero-order valence-corrected chi connectivity index (χ0v) is 16.3. The van der Waals surface area contributed by atoms with E-state index in [0.717, 1.165) is 18.8 Å². The normalized spacial score (nSPS) is 14.7. The summed E-state index contributed by atoms with van der Waals surface area (Å²) in [5, 5.41) is 11.8. The van der Waals surface area contributed by atoms with E-state index in [-0.39, 0.29) is 5.91 Å². The topological polar surface area (TPSA) is 74.6 Å². The first-order valence-corrected chi connectivity index (χ1v) is 9.51. The van der Waals surface area contributed by atoms with Gasteiger partial charge < -0.3 is 19.7 Å². The molecule has 1 amide bonds. The maximum Gasteiger partial charge on any atom is 0.265 e. The number of anilines is 2. The second-order valence-corrected chi connectivity index (χ2v) is 6.82. The van der Waals surface area contributed by atoms with Crippen LogP contribution in [0.2, 0.25) is 0 Å². The van der Waals surface area contributed by atoms with Crippen molar-refractivity contribution >= 4 is 17.3 Å². The van der Waals surface area contributed by atoms with E-state index in [9.17, 15) is 4.79 Å². The van der Waals surface area contributed by atoms with Gasteiger partial charge in [-0.05, 0) is 62.6 Å². The van der Waals surface area contributed by atoms with Crippen LogP contribution in [0.1, 0.15) is 31.7 Å². The highest BCUT2D eigenvalue weighted by molar-refractivity contribution is 5.94. The molecule has 28 heavy (non-hydrogen) atoms. The fourth-order valence-corrected chi connectivity index (χ4v) is 3.23. The number of rotatable bonds is 6. The maximum atomic E-state index is 12.5. The van der Waals surface area contributed by atoms with Gasteiger partial charge in [0.15, 0.2) is 17.6 Å². The monoisotopic (exact) mass is 379 g/mol. The second-order valence-electron chi connectivity index (χ2n) is 6.82. The van der Waals surface area contributed by atoms with Gasteiger partial charge in [0.2, 0.25) is 0 Å². The second kappa shape index (κ2) is 9.14. The number of amides is 1. The number of ether oxygens (including phenoxy) is 2. The first kappa shape index (κ1) is 19.6. The van der Waals surface area contributed by atoms with Gasteiger partial charge in [-0.2, -0.15) is 5.26 Å². The molecule has 6 nitrogen and oxygen atoms in total. The highest BCUT2D eigenvalue weighted by atomic mass is 16.5. The third-order valence-electron chi connectivity index (χ3n) is 4.82. The summed E-state index contributed by atoms with van der Waals surface area (Å²) >= 11 is 0. The summed E-state index contributed by atoms with van der Waals surface area (Å²) in [5.41, 5.74) is 2.38. The molecule has 0 saturated carbocycles. The van der Waals surface area contributed by atoms with Crippen LogP contribution >= 0.6 is 0 Å². The van der Waals surface area contributed by atoms with E-state index in [0.29, 0.717) is 17.1 Å². The number of hydrogen-bond donors (Lipinski definition) is 1. The van der Waals surface area contributed by atoms with Crippen LogP contribution in [0.25, 0.3) is 0 Å². The quantitative estimate of drug-likeness (QED) is 0.822. The Morgan fingerprint density at radius 1 is 1.11 bits per heavy atom. The Bertz CT molecular complexity index is 852. The molecule has 0 aliphatic carbocycles. The summed E-state index contributed by atoms with van der Waals surface area (Å²) < 4.78 is 11.0. The Morgan fingerprint density at radius 3 is 2.46 bits per heavy atom. The van der Waals surface area contributed by atoms with Crippen molar-refractivity contribution in [3.05, 3.63) is 48.0 Å². The highest BCUT2D eigenvalue weighted by Crippen LogP contribution is 2.29. The van der Waals surface area contributed by atoms with E-state index < -0.39 is 6.10 Å². The first-order chi connectivity index (χ1) is 13.6. The molecule has 6 heteroatoms. The van der Waals surface area contributed by atoms with Crippen molar-refractivity contribution in [1.82, 2.24) is 0 Å². The molecule has 1 aliphatic rings. The van der Waals surface area contributed by atoms with Crippen LogP contribution in [0.3, 0.4) is 0 Å². The van der Waals surface area contributed by atoms with Crippen molar-refractivity contribution in [3.8, 4) is 17.6 Å². The molecule has 0 spiro atoms. The molecule has 0 bridgehead atoms. The van der Waals surface area contributed by atoms with Gasteiger partial charge in [-0.25, -0.2) is 0 Å². The van der Waals surface area contributed by atoms with Crippen LogP contribution in [0.15, 0.2) is 42.5 Å². The molecule has 1 atom stereocenters. The van der Waals surface area contributed by atoms with Crippen molar-refractivity contribution in [2.45, 2.75) is 32.3 Å². The SMILES string of the molecule is COc1cc(C#N)ccc1O[C@H](C)C(=O)Nc1ccc(N2CCCCC2)cc1. The molecule has 0 aromatic heterocycles. The van der Waals surface area contributed by atoms with Gasteiger partial charge in [-0.1, -0.05) is 0 Å². The molecule has 2 aromatic rings. The van der Waals surface area contributed by atoms with Crippen LogP contribution < -0.4 is 19.7 Å². The number of carbonyl (C=O) groups excluding carboxylic acids is 1. The molecule has 1 N–H and O–H groups in total. The molecule has 2 aromatic carbocycles. The minimum atomic E-state index is -0.719. The van der Waals surface area contributed by atoms with Crippen LogP contribution in [-0.2, 0) is 4.79 Å². The van der Waals surface area contributed by atoms with Gasteiger partial charge in [0.1, 0.15) is 0 Å². The highest BCUT2D eigenvalue weighted by Gasteiger charge is 2.18.